The Morgan fingerprint density at radius 3 is 2.82 bits per heavy atom. The van der Waals surface area contributed by atoms with Crippen LogP contribution < -0.4 is 10.9 Å². The molecule has 3 aromatic rings. The summed E-state index contributed by atoms with van der Waals surface area (Å²) in [6.07, 6.45) is 4.33. The minimum Gasteiger partial charge on any atom is -0.350 e. The molecule has 1 N–H and O–H groups in total. The highest BCUT2D eigenvalue weighted by atomic mass is 32.2. The number of aromatic nitrogens is 2. The Balaban J connectivity index is 1.72. The molecular weight excluding hydrogens is 390 g/mol. The minimum atomic E-state index is -0.0571. The van der Waals surface area contributed by atoms with Gasteiger partial charge in [0, 0.05) is 11.4 Å². The van der Waals surface area contributed by atoms with Crippen molar-refractivity contribution in [2.45, 2.75) is 50.9 Å². The van der Waals surface area contributed by atoms with Crippen LogP contribution in [0.25, 0.3) is 10.9 Å². The van der Waals surface area contributed by atoms with E-state index >= 15 is 0 Å². The van der Waals surface area contributed by atoms with Crippen molar-refractivity contribution in [2.24, 2.45) is 0 Å². The van der Waals surface area contributed by atoms with Crippen LogP contribution in [-0.2, 0) is 17.9 Å². The van der Waals surface area contributed by atoms with Gasteiger partial charge >= 0.3 is 0 Å². The Labute approximate surface area is 173 Å². The van der Waals surface area contributed by atoms with E-state index < -0.39 is 0 Å². The molecule has 1 amide bonds. The largest absolute Gasteiger partial charge is 0.350 e. The van der Waals surface area contributed by atoms with Gasteiger partial charge in [-0.3, -0.25) is 14.2 Å². The molecule has 2 heterocycles. The second-order valence-electron chi connectivity index (χ2n) is 6.57. The number of rotatable bonds is 10. The van der Waals surface area contributed by atoms with E-state index in [1.54, 1.807) is 15.9 Å². The van der Waals surface area contributed by atoms with Gasteiger partial charge in [0.05, 0.1) is 23.2 Å². The number of para-hydroxylation sites is 1. The number of unbranched alkanes of at least 4 members (excludes halogenated alkanes) is 3. The van der Waals surface area contributed by atoms with Crippen LogP contribution in [0.15, 0.2) is 51.7 Å². The second kappa shape index (κ2) is 10.4. The molecule has 5 nitrogen and oxygen atoms in total. The van der Waals surface area contributed by atoms with Crippen molar-refractivity contribution in [1.29, 1.82) is 0 Å². The third kappa shape index (κ3) is 5.45. The standard InChI is InChI=1S/C21H25N3O2S2/c1-2-3-4-7-12-24-20(26)17-10-5-6-11-18(17)23-21(24)28-15-19(25)22-14-16-9-8-13-27-16/h5-6,8-11,13H,2-4,7,12,14-15H2,1H3,(H,22,25). The molecule has 0 bridgehead atoms. The first kappa shape index (κ1) is 20.6. The number of amides is 1. The average molecular weight is 416 g/mol. The summed E-state index contributed by atoms with van der Waals surface area (Å²) in [6.45, 7) is 3.34. The molecule has 0 spiro atoms. The van der Waals surface area contributed by atoms with Crippen LogP contribution in [-0.4, -0.2) is 21.2 Å². The first-order valence-corrected chi connectivity index (χ1v) is 11.5. The van der Waals surface area contributed by atoms with Crippen molar-refractivity contribution >= 4 is 39.9 Å². The topological polar surface area (TPSA) is 64.0 Å². The van der Waals surface area contributed by atoms with Gasteiger partial charge in [-0.15, -0.1) is 11.3 Å². The molecule has 0 aliphatic carbocycles. The van der Waals surface area contributed by atoms with E-state index in [0.29, 0.717) is 29.1 Å². The lowest BCUT2D eigenvalue weighted by Gasteiger charge is -2.13. The SMILES string of the molecule is CCCCCCn1c(SCC(=O)NCc2cccs2)nc2ccccc2c1=O. The second-order valence-corrected chi connectivity index (χ2v) is 8.55. The number of fused-ring (bicyclic) bond motifs is 1. The third-order valence-corrected chi connectivity index (χ3v) is 6.29. The zero-order valence-electron chi connectivity index (χ0n) is 16.0. The van der Waals surface area contributed by atoms with Crippen molar-refractivity contribution in [2.75, 3.05) is 5.75 Å². The van der Waals surface area contributed by atoms with Gasteiger partial charge in [0.1, 0.15) is 0 Å². The number of nitrogens with zero attached hydrogens (tertiary/aromatic N) is 2. The molecule has 28 heavy (non-hydrogen) atoms. The average Bonchev–Trinajstić information content (AvgIpc) is 3.23. The maximum Gasteiger partial charge on any atom is 0.262 e. The molecule has 0 saturated heterocycles. The fourth-order valence-electron chi connectivity index (χ4n) is 2.93. The fourth-order valence-corrected chi connectivity index (χ4v) is 4.43. The van der Waals surface area contributed by atoms with Gasteiger partial charge in [-0.25, -0.2) is 4.98 Å². The van der Waals surface area contributed by atoms with Gasteiger partial charge < -0.3 is 5.32 Å². The fraction of sp³-hybridized carbons (Fsp3) is 0.381. The third-order valence-electron chi connectivity index (χ3n) is 4.43. The minimum absolute atomic E-state index is 0.0245. The number of thiophene rings is 1. The van der Waals surface area contributed by atoms with Crippen molar-refractivity contribution < 1.29 is 4.79 Å². The van der Waals surface area contributed by atoms with Crippen LogP contribution >= 0.6 is 23.1 Å². The van der Waals surface area contributed by atoms with E-state index in [1.807, 2.05) is 41.8 Å². The Kier molecular flexibility index (Phi) is 7.68. The van der Waals surface area contributed by atoms with Crippen molar-refractivity contribution in [3.63, 3.8) is 0 Å². The predicted molar refractivity (Wildman–Crippen MR) is 117 cm³/mol. The molecule has 2 aromatic heterocycles. The van der Waals surface area contributed by atoms with Crippen LogP contribution in [0.4, 0.5) is 0 Å². The van der Waals surface area contributed by atoms with Crippen LogP contribution in [0.3, 0.4) is 0 Å². The lowest BCUT2D eigenvalue weighted by atomic mass is 10.2. The molecule has 0 saturated carbocycles. The molecule has 1 aromatic carbocycles. The summed E-state index contributed by atoms with van der Waals surface area (Å²) in [5, 5.41) is 6.16. The summed E-state index contributed by atoms with van der Waals surface area (Å²) >= 11 is 2.95. The summed E-state index contributed by atoms with van der Waals surface area (Å²) in [6, 6.07) is 11.4. The zero-order chi connectivity index (χ0) is 19.8. The first-order chi connectivity index (χ1) is 13.7. The molecule has 148 valence electrons. The molecule has 0 radical (unpaired) electrons. The van der Waals surface area contributed by atoms with Crippen LogP contribution in [0.5, 0.6) is 0 Å². The van der Waals surface area contributed by atoms with Gasteiger partial charge in [-0.05, 0) is 30.0 Å². The van der Waals surface area contributed by atoms with Crippen LogP contribution in [0.1, 0.15) is 37.5 Å². The first-order valence-electron chi connectivity index (χ1n) is 9.60. The monoisotopic (exact) mass is 415 g/mol. The van der Waals surface area contributed by atoms with Crippen molar-refractivity contribution in [3.05, 3.63) is 57.0 Å². The highest BCUT2D eigenvalue weighted by molar-refractivity contribution is 7.99. The maximum absolute atomic E-state index is 12.9. The normalized spacial score (nSPS) is 11.0. The van der Waals surface area contributed by atoms with Gasteiger partial charge in [-0.1, -0.05) is 56.1 Å². The molecule has 0 aliphatic rings. The van der Waals surface area contributed by atoms with Gasteiger partial charge in [0.15, 0.2) is 5.16 Å². The quantitative estimate of drug-likeness (QED) is 0.302. The lowest BCUT2D eigenvalue weighted by molar-refractivity contribution is -0.118. The summed E-state index contributed by atoms with van der Waals surface area (Å²) in [5.41, 5.74) is 0.655. The summed E-state index contributed by atoms with van der Waals surface area (Å²) < 4.78 is 1.73. The van der Waals surface area contributed by atoms with Crippen molar-refractivity contribution in [1.82, 2.24) is 14.9 Å². The van der Waals surface area contributed by atoms with Crippen LogP contribution in [0, 0.1) is 0 Å². The zero-order valence-corrected chi connectivity index (χ0v) is 17.7. The lowest BCUT2D eigenvalue weighted by Crippen LogP contribution is -2.26. The number of nitrogens with one attached hydrogen (secondary N) is 1. The Morgan fingerprint density at radius 2 is 2.04 bits per heavy atom. The molecule has 7 heteroatoms. The highest BCUT2D eigenvalue weighted by Crippen LogP contribution is 2.18. The van der Waals surface area contributed by atoms with Gasteiger partial charge in [-0.2, -0.15) is 0 Å². The number of carbonyl (C=O) groups excluding carboxylic acids is 1. The Morgan fingerprint density at radius 1 is 1.18 bits per heavy atom. The smallest absolute Gasteiger partial charge is 0.262 e. The van der Waals surface area contributed by atoms with Gasteiger partial charge in [0.2, 0.25) is 5.91 Å². The highest BCUT2D eigenvalue weighted by Gasteiger charge is 2.13. The maximum atomic E-state index is 12.9. The van der Waals surface area contributed by atoms with Crippen molar-refractivity contribution in [3.8, 4) is 0 Å². The van der Waals surface area contributed by atoms with E-state index in [9.17, 15) is 9.59 Å². The number of carbonyl (C=O) groups is 1. The number of thioether (sulfide) groups is 1. The van der Waals surface area contributed by atoms with Crippen LogP contribution in [0.2, 0.25) is 0 Å². The number of benzene rings is 1. The molecule has 3 rings (SSSR count). The predicted octanol–water partition coefficient (Wildman–Crippen LogP) is 4.45. The van der Waals surface area contributed by atoms with E-state index in [1.165, 1.54) is 11.8 Å². The summed E-state index contributed by atoms with van der Waals surface area (Å²) in [4.78, 5) is 31.0. The molecule has 0 fully saturated rings. The molecular formula is C21H25N3O2S2. The van der Waals surface area contributed by atoms with E-state index in [-0.39, 0.29) is 17.2 Å². The molecule has 0 unspecified atom stereocenters. The molecule has 0 aliphatic heterocycles. The Hall–Kier alpha value is -2.12. The summed E-state index contributed by atoms with van der Waals surface area (Å²) in [7, 11) is 0. The van der Waals surface area contributed by atoms with E-state index in [4.69, 9.17) is 0 Å². The number of hydrogen-bond donors (Lipinski definition) is 1. The Bertz CT molecular complexity index is 967. The number of hydrogen-bond acceptors (Lipinski definition) is 5. The molecule has 0 atom stereocenters. The van der Waals surface area contributed by atoms with Gasteiger partial charge in [0.25, 0.3) is 5.56 Å². The van der Waals surface area contributed by atoms with E-state index in [0.717, 1.165) is 30.6 Å². The summed E-state index contributed by atoms with van der Waals surface area (Å²) in [5.74, 6) is 0.184. The van der Waals surface area contributed by atoms with E-state index in [2.05, 4.69) is 17.2 Å².